The number of H-pyrrole nitrogens is 2. The Hall–Kier alpha value is -3.16. The standard InChI is InChI=1S/C16H19N7O/c1-3-23(4-2)12-7-5-11(6-8-12)9-19-22-16-20-13-14(21-16)17-10-18-15(13)24/h5-10H,3-4H2,1-2H3,(H3,17,18,20,21,22,24)/b19-9+. The molecular formula is C16H19N7O. The molecule has 0 aliphatic heterocycles. The highest BCUT2D eigenvalue weighted by molar-refractivity contribution is 5.81. The second-order valence-corrected chi connectivity index (χ2v) is 5.15. The Morgan fingerprint density at radius 2 is 2.00 bits per heavy atom. The zero-order chi connectivity index (χ0) is 16.9. The molecule has 3 N–H and O–H groups in total. The van der Waals surface area contributed by atoms with E-state index >= 15 is 0 Å². The van der Waals surface area contributed by atoms with Crippen LogP contribution in [0.2, 0.25) is 0 Å². The highest BCUT2D eigenvalue weighted by atomic mass is 16.1. The molecule has 8 heteroatoms. The van der Waals surface area contributed by atoms with Crippen LogP contribution >= 0.6 is 0 Å². The van der Waals surface area contributed by atoms with Crippen LogP contribution in [0, 0.1) is 0 Å². The van der Waals surface area contributed by atoms with Crippen molar-refractivity contribution in [1.29, 1.82) is 0 Å². The molecule has 8 nitrogen and oxygen atoms in total. The second-order valence-electron chi connectivity index (χ2n) is 5.15. The number of fused-ring (bicyclic) bond motifs is 1. The highest BCUT2D eigenvalue weighted by Gasteiger charge is 2.05. The molecule has 0 fully saturated rings. The quantitative estimate of drug-likeness (QED) is 0.475. The van der Waals surface area contributed by atoms with E-state index in [1.54, 1.807) is 6.21 Å². The lowest BCUT2D eigenvalue weighted by Gasteiger charge is -2.20. The van der Waals surface area contributed by atoms with E-state index in [9.17, 15) is 4.79 Å². The molecule has 0 unspecified atom stereocenters. The van der Waals surface area contributed by atoms with Crippen molar-refractivity contribution in [1.82, 2.24) is 19.9 Å². The molecule has 0 saturated heterocycles. The summed E-state index contributed by atoms with van der Waals surface area (Å²) in [6, 6.07) is 8.14. The number of hydrogen-bond donors (Lipinski definition) is 3. The fourth-order valence-corrected chi connectivity index (χ4v) is 2.42. The van der Waals surface area contributed by atoms with E-state index in [1.807, 2.05) is 12.1 Å². The van der Waals surface area contributed by atoms with Crippen molar-refractivity contribution in [2.45, 2.75) is 13.8 Å². The highest BCUT2D eigenvalue weighted by Crippen LogP contribution is 2.14. The summed E-state index contributed by atoms with van der Waals surface area (Å²) in [4.78, 5) is 27.3. The molecular weight excluding hydrogens is 306 g/mol. The third-order valence-electron chi connectivity index (χ3n) is 3.70. The monoisotopic (exact) mass is 325 g/mol. The van der Waals surface area contributed by atoms with E-state index in [0.29, 0.717) is 17.1 Å². The van der Waals surface area contributed by atoms with Crippen LogP contribution in [0.1, 0.15) is 19.4 Å². The maximum Gasteiger partial charge on any atom is 0.276 e. The van der Waals surface area contributed by atoms with Crippen LogP contribution in [-0.4, -0.2) is 39.2 Å². The Balaban J connectivity index is 1.69. The van der Waals surface area contributed by atoms with Gasteiger partial charge in [0.25, 0.3) is 5.56 Å². The first-order valence-electron chi connectivity index (χ1n) is 7.78. The molecule has 3 rings (SSSR count). The lowest BCUT2D eigenvalue weighted by atomic mass is 10.2. The summed E-state index contributed by atoms with van der Waals surface area (Å²) in [5.41, 5.74) is 5.32. The molecule has 0 spiro atoms. The van der Waals surface area contributed by atoms with E-state index in [2.05, 4.69) is 61.3 Å². The average Bonchev–Trinajstić information content (AvgIpc) is 3.02. The van der Waals surface area contributed by atoms with Crippen LogP contribution in [0.3, 0.4) is 0 Å². The Labute approximate surface area is 138 Å². The smallest absolute Gasteiger partial charge is 0.276 e. The number of benzene rings is 1. The first-order valence-corrected chi connectivity index (χ1v) is 7.78. The van der Waals surface area contributed by atoms with Gasteiger partial charge in [-0.15, -0.1) is 0 Å². The summed E-state index contributed by atoms with van der Waals surface area (Å²) < 4.78 is 0. The zero-order valence-electron chi connectivity index (χ0n) is 13.6. The van der Waals surface area contributed by atoms with Gasteiger partial charge in [0.05, 0.1) is 12.5 Å². The number of hydrogen-bond acceptors (Lipinski definition) is 6. The van der Waals surface area contributed by atoms with E-state index in [1.165, 1.54) is 12.0 Å². The van der Waals surface area contributed by atoms with Gasteiger partial charge in [-0.25, -0.2) is 10.4 Å². The van der Waals surface area contributed by atoms with E-state index in [4.69, 9.17) is 0 Å². The van der Waals surface area contributed by atoms with Crippen LogP contribution in [-0.2, 0) is 0 Å². The molecule has 124 valence electrons. The van der Waals surface area contributed by atoms with Crippen LogP contribution in [0.5, 0.6) is 0 Å². The molecule has 3 aromatic rings. The fraction of sp³-hybridized carbons (Fsp3) is 0.250. The predicted molar refractivity (Wildman–Crippen MR) is 95.7 cm³/mol. The van der Waals surface area contributed by atoms with Crippen molar-refractivity contribution < 1.29 is 0 Å². The van der Waals surface area contributed by atoms with E-state index < -0.39 is 0 Å². The van der Waals surface area contributed by atoms with E-state index in [0.717, 1.165) is 18.7 Å². The average molecular weight is 325 g/mol. The minimum atomic E-state index is -0.267. The minimum absolute atomic E-state index is 0.267. The van der Waals surface area contributed by atoms with Crippen LogP contribution in [0.4, 0.5) is 11.6 Å². The molecule has 0 saturated carbocycles. The van der Waals surface area contributed by atoms with Gasteiger partial charge in [-0.05, 0) is 31.5 Å². The number of rotatable bonds is 6. The number of aromatic amines is 2. The van der Waals surface area contributed by atoms with E-state index in [-0.39, 0.29) is 5.56 Å². The molecule has 1 aromatic carbocycles. The van der Waals surface area contributed by atoms with Gasteiger partial charge in [0, 0.05) is 18.8 Å². The van der Waals surface area contributed by atoms with Crippen molar-refractivity contribution in [3.8, 4) is 0 Å². The number of hydrazone groups is 1. The van der Waals surface area contributed by atoms with Crippen LogP contribution in [0.15, 0.2) is 40.5 Å². The largest absolute Gasteiger partial charge is 0.372 e. The Morgan fingerprint density at radius 3 is 2.67 bits per heavy atom. The summed E-state index contributed by atoms with van der Waals surface area (Å²) in [6.45, 7) is 6.22. The van der Waals surface area contributed by atoms with Gasteiger partial charge < -0.3 is 14.9 Å². The number of imidazole rings is 1. The summed E-state index contributed by atoms with van der Waals surface area (Å²) >= 11 is 0. The summed E-state index contributed by atoms with van der Waals surface area (Å²) in [5, 5.41) is 4.13. The normalized spacial score (nSPS) is 11.2. The van der Waals surface area contributed by atoms with Crippen molar-refractivity contribution in [2.75, 3.05) is 23.4 Å². The van der Waals surface area contributed by atoms with Gasteiger partial charge in [-0.1, -0.05) is 12.1 Å². The molecule has 0 atom stereocenters. The zero-order valence-corrected chi connectivity index (χ0v) is 13.6. The lowest BCUT2D eigenvalue weighted by Crippen LogP contribution is -2.21. The molecule has 24 heavy (non-hydrogen) atoms. The molecule has 2 heterocycles. The Morgan fingerprint density at radius 1 is 1.25 bits per heavy atom. The molecule has 0 aliphatic rings. The summed E-state index contributed by atoms with van der Waals surface area (Å²) in [7, 11) is 0. The van der Waals surface area contributed by atoms with Crippen molar-refractivity contribution in [3.05, 3.63) is 46.5 Å². The van der Waals surface area contributed by atoms with Gasteiger partial charge in [0.1, 0.15) is 0 Å². The maximum absolute atomic E-state index is 11.6. The number of nitrogens with zero attached hydrogens (tertiary/aromatic N) is 4. The van der Waals surface area contributed by atoms with Crippen LogP contribution in [0.25, 0.3) is 11.2 Å². The van der Waals surface area contributed by atoms with Gasteiger partial charge in [-0.3, -0.25) is 4.79 Å². The number of nitrogens with one attached hydrogen (secondary N) is 3. The second kappa shape index (κ2) is 6.95. The molecule has 2 aromatic heterocycles. The van der Waals surface area contributed by atoms with Gasteiger partial charge >= 0.3 is 0 Å². The number of anilines is 2. The first kappa shape index (κ1) is 15.7. The minimum Gasteiger partial charge on any atom is -0.372 e. The van der Waals surface area contributed by atoms with Crippen molar-refractivity contribution in [2.24, 2.45) is 5.10 Å². The third kappa shape index (κ3) is 3.27. The molecule has 0 amide bonds. The fourth-order valence-electron chi connectivity index (χ4n) is 2.42. The summed E-state index contributed by atoms with van der Waals surface area (Å²) in [5.74, 6) is 0.366. The molecule has 0 bridgehead atoms. The predicted octanol–water partition coefficient (Wildman–Crippen LogP) is 1.94. The van der Waals surface area contributed by atoms with Crippen molar-refractivity contribution in [3.63, 3.8) is 0 Å². The third-order valence-corrected chi connectivity index (χ3v) is 3.70. The molecule has 0 aliphatic carbocycles. The number of aromatic nitrogens is 4. The van der Waals surface area contributed by atoms with Gasteiger partial charge in [0.15, 0.2) is 11.2 Å². The van der Waals surface area contributed by atoms with Crippen LogP contribution < -0.4 is 15.9 Å². The Bertz CT molecular complexity index is 891. The summed E-state index contributed by atoms with van der Waals surface area (Å²) in [6.07, 6.45) is 3.01. The SMILES string of the molecule is CCN(CC)c1ccc(/C=N/Nc2nc3nc[nH]c(=O)c3[nH]2)cc1. The maximum atomic E-state index is 11.6. The van der Waals surface area contributed by atoms with Crippen molar-refractivity contribution >= 4 is 29.0 Å². The Kier molecular flexibility index (Phi) is 4.55. The molecule has 0 radical (unpaired) electrons. The van der Waals surface area contributed by atoms with Gasteiger partial charge in [0.2, 0.25) is 5.95 Å². The lowest BCUT2D eigenvalue weighted by molar-refractivity contribution is 0.866. The van der Waals surface area contributed by atoms with Gasteiger partial charge in [-0.2, -0.15) is 10.1 Å². The topological polar surface area (TPSA) is 102 Å². The first-order chi connectivity index (χ1) is 11.7.